The van der Waals surface area contributed by atoms with Gasteiger partial charge in [-0.2, -0.15) is 0 Å². The average Bonchev–Trinajstić information content (AvgIpc) is 2.97. The molecule has 1 N–H and O–H groups in total. The summed E-state index contributed by atoms with van der Waals surface area (Å²) in [6.07, 6.45) is 6.22. The van der Waals surface area contributed by atoms with Crippen molar-refractivity contribution < 1.29 is 0 Å². The van der Waals surface area contributed by atoms with Crippen LogP contribution in [-0.2, 0) is 6.54 Å². The number of hydrogen-bond acceptors (Lipinski definition) is 4. The lowest BCUT2D eigenvalue weighted by molar-refractivity contribution is 0.336. The molecule has 3 rings (SSSR count). The highest BCUT2D eigenvalue weighted by atomic mass is 15.1. The average molecular weight is 256 g/mol. The smallest absolute Gasteiger partial charge is 0.0931 e. The van der Waals surface area contributed by atoms with Crippen molar-refractivity contribution in [3.8, 4) is 0 Å². The van der Waals surface area contributed by atoms with E-state index in [0.717, 1.165) is 30.7 Å². The second-order valence-electron chi connectivity index (χ2n) is 5.07. The Morgan fingerprint density at radius 2 is 1.95 bits per heavy atom. The summed E-state index contributed by atoms with van der Waals surface area (Å²) in [5, 5.41) is 3.51. The number of nitrogens with one attached hydrogen (secondary N) is 1. The van der Waals surface area contributed by atoms with Crippen LogP contribution in [0.5, 0.6) is 0 Å². The Balaban J connectivity index is 1.56. The maximum atomic E-state index is 4.42. The summed E-state index contributed by atoms with van der Waals surface area (Å²) < 4.78 is 0. The van der Waals surface area contributed by atoms with E-state index in [9.17, 15) is 0 Å². The Morgan fingerprint density at radius 3 is 2.84 bits per heavy atom. The highest BCUT2D eigenvalue weighted by molar-refractivity contribution is 5.77. The van der Waals surface area contributed by atoms with Crippen molar-refractivity contribution in [2.75, 3.05) is 26.2 Å². The molecule has 0 unspecified atom stereocenters. The molecule has 2 aromatic rings. The minimum Gasteiger partial charge on any atom is -0.311 e. The quantitative estimate of drug-likeness (QED) is 0.828. The Kier molecular flexibility index (Phi) is 4.01. The van der Waals surface area contributed by atoms with E-state index in [1.165, 1.54) is 31.5 Å². The fourth-order valence-corrected chi connectivity index (χ4v) is 2.66. The number of benzene rings is 1. The van der Waals surface area contributed by atoms with Crippen molar-refractivity contribution in [1.82, 2.24) is 20.2 Å². The summed E-state index contributed by atoms with van der Waals surface area (Å²) in [4.78, 5) is 11.3. The summed E-state index contributed by atoms with van der Waals surface area (Å²) in [5.74, 6) is 0. The number of likely N-dealkylation sites (tertiary alicyclic amines) is 1. The number of hydrogen-bond donors (Lipinski definition) is 1. The topological polar surface area (TPSA) is 41.0 Å². The Labute approximate surface area is 113 Å². The lowest BCUT2D eigenvalue weighted by Crippen LogP contribution is -2.29. The summed E-state index contributed by atoms with van der Waals surface area (Å²) in [7, 11) is 0. The molecular formula is C15H20N4. The molecule has 1 saturated heterocycles. The monoisotopic (exact) mass is 256 g/mol. The van der Waals surface area contributed by atoms with Crippen molar-refractivity contribution in [1.29, 1.82) is 0 Å². The van der Waals surface area contributed by atoms with Gasteiger partial charge in [0.15, 0.2) is 0 Å². The van der Waals surface area contributed by atoms with E-state index in [2.05, 4.69) is 32.3 Å². The van der Waals surface area contributed by atoms with Crippen LogP contribution >= 0.6 is 0 Å². The maximum Gasteiger partial charge on any atom is 0.0931 e. The maximum absolute atomic E-state index is 4.42. The fourth-order valence-electron chi connectivity index (χ4n) is 2.66. The van der Waals surface area contributed by atoms with Gasteiger partial charge in [-0.05, 0) is 37.6 Å². The first-order chi connectivity index (χ1) is 9.43. The summed E-state index contributed by atoms with van der Waals surface area (Å²) in [6.45, 7) is 5.58. The van der Waals surface area contributed by atoms with Crippen LogP contribution in [0, 0.1) is 0 Å². The van der Waals surface area contributed by atoms with Gasteiger partial charge in [-0.1, -0.05) is 12.1 Å². The van der Waals surface area contributed by atoms with Crippen LogP contribution in [0.15, 0.2) is 30.6 Å². The molecule has 1 aliphatic heterocycles. The third-order valence-electron chi connectivity index (χ3n) is 3.70. The van der Waals surface area contributed by atoms with E-state index < -0.39 is 0 Å². The van der Waals surface area contributed by atoms with Crippen molar-refractivity contribution in [2.45, 2.75) is 19.4 Å². The normalized spacial score (nSPS) is 16.2. The molecule has 100 valence electrons. The summed E-state index contributed by atoms with van der Waals surface area (Å²) >= 11 is 0. The Hall–Kier alpha value is -1.52. The molecule has 0 atom stereocenters. The van der Waals surface area contributed by atoms with Gasteiger partial charge >= 0.3 is 0 Å². The van der Waals surface area contributed by atoms with Crippen LogP contribution in [-0.4, -0.2) is 41.0 Å². The van der Waals surface area contributed by atoms with Crippen molar-refractivity contribution in [2.24, 2.45) is 0 Å². The Morgan fingerprint density at radius 1 is 1.11 bits per heavy atom. The lowest BCUT2D eigenvalue weighted by atomic mass is 10.1. The van der Waals surface area contributed by atoms with E-state index >= 15 is 0 Å². The van der Waals surface area contributed by atoms with E-state index in [1.54, 1.807) is 12.4 Å². The molecule has 0 saturated carbocycles. The number of fused-ring (bicyclic) bond motifs is 1. The second-order valence-corrected chi connectivity index (χ2v) is 5.07. The molecule has 0 bridgehead atoms. The van der Waals surface area contributed by atoms with Crippen molar-refractivity contribution in [3.63, 3.8) is 0 Å². The molecule has 4 heteroatoms. The van der Waals surface area contributed by atoms with Gasteiger partial charge in [0.1, 0.15) is 0 Å². The number of aromatic nitrogens is 2. The van der Waals surface area contributed by atoms with E-state index in [4.69, 9.17) is 0 Å². The minimum atomic E-state index is 0.865. The first-order valence-corrected chi connectivity index (χ1v) is 7.05. The van der Waals surface area contributed by atoms with Crippen LogP contribution in [0.4, 0.5) is 0 Å². The van der Waals surface area contributed by atoms with Gasteiger partial charge in [0.2, 0.25) is 0 Å². The molecule has 1 aromatic carbocycles. The minimum absolute atomic E-state index is 0.865. The first kappa shape index (κ1) is 12.5. The number of nitrogens with zero attached hydrogens (tertiary/aromatic N) is 3. The zero-order valence-electron chi connectivity index (χ0n) is 11.2. The van der Waals surface area contributed by atoms with Gasteiger partial charge in [-0.25, -0.2) is 0 Å². The van der Waals surface area contributed by atoms with E-state index in [0.29, 0.717) is 0 Å². The summed E-state index contributed by atoms with van der Waals surface area (Å²) in [5.41, 5.74) is 3.21. The molecule has 4 nitrogen and oxygen atoms in total. The van der Waals surface area contributed by atoms with E-state index in [-0.39, 0.29) is 0 Å². The lowest BCUT2D eigenvalue weighted by Gasteiger charge is -2.14. The van der Waals surface area contributed by atoms with Crippen LogP contribution in [0.3, 0.4) is 0 Å². The number of para-hydroxylation sites is 1. The van der Waals surface area contributed by atoms with Crippen LogP contribution in [0.1, 0.15) is 18.4 Å². The van der Waals surface area contributed by atoms with Gasteiger partial charge < -0.3 is 10.2 Å². The second kappa shape index (κ2) is 6.08. The molecule has 0 spiro atoms. The van der Waals surface area contributed by atoms with Gasteiger partial charge in [-0.15, -0.1) is 0 Å². The van der Waals surface area contributed by atoms with Crippen LogP contribution in [0.25, 0.3) is 11.0 Å². The number of rotatable bonds is 5. The molecule has 2 heterocycles. The molecule has 0 radical (unpaired) electrons. The first-order valence-electron chi connectivity index (χ1n) is 7.05. The molecule has 1 aliphatic rings. The van der Waals surface area contributed by atoms with Crippen LogP contribution in [0.2, 0.25) is 0 Å². The molecule has 1 fully saturated rings. The van der Waals surface area contributed by atoms with Crippen molar-refractivity contribution in [3.05, 3.63) is 36.2 Å². The highest BCUT2D eigenvalue weighted by Crippen LogP contribution is 2.13. The Bertz CT molecular complexity index is 529. The zero-order valence-corrected chi connectivity index (χ0v) is 11.2. The fraction of sp³-hybridized carbons (Fsp3) is 0.467. The van der Waals surface area contributed by atoms with Gasteiger partial charge in [0.25, 0.3) is 0 Å². The third-order valence-corrected chi connectivity index (χ3v) is 3.70. The van der Waals surface area contributed by atoms with Gasteiger partial charge in [0, 0.05) is 32.0 Å². The highest BCUT2D eigenvalue weighted by Gasteiger charge is 2.10. The van der Waals surface area contributed by atoms with E-state index in [1.807, 2.05) is 6.07 Å². The third kappa shape index (κ3) is 3.08. The van der Waals surface area contributed by atoms with Crippen LogP contribution < -0.4 is 5.32 Å². The molecule has 0 aliphatic carbocycles. The predicted octanol–water partition coefficient (Wildman–Crippen LogP) is 1.82. The molecule has 1 aromatic heterocycles. The zero-order chi connectivity index (χ0) is 12.9. The predicted molar refractivity (Wildman–Crippen MR) is 76.9 cm³/mol. The largest absolute Gasteiger partial charge is 0.311 e. The SMILES string of the molecule is c1cc(CNCCN2CCCC2)c2nccnc2c1. The molecule has 19 heavy (non-hydrogen) atoms. The molecular weight excluding hydrogens is 236 g/mol. The van der Waals surface area contributed by atoms with Gasteiger partial charge in [0.05, 0.1) is 11.0 Å². The van der Waals surface area contributed by atoms with Gasteiger partial charge in [-0.3, -0.25) is 9.97 Å². The standard InChI is InChI=1S/C15H20N4/c1-2-10-19(9-1)11-8-16-12-13-4-3-5-14-15(13)18-7-6-17-14/h3-7,16H,1-2,8-12H2. The van der Waals surface area contributed by atoms with Crippen molar-refractivity contribution >= 4 is 11.0 Å². The summed E-state index contributed by atoms with van der Waals surface area (Å²) in [6, 6.07) is 6.18. The molecule has 0 amide bonds.